The van der Waals surface area contributed by atoms with E-state index in [9.17, 15) is 22.8 Å². The van der Waals surface area contributed by atoms with E-state index < -0.39 is 23.7 Å². The number of anilines is 1. The topological polar surface area (TPSA) is 91.3 Å². The molecule has 1 fully saturated rings. The number of amides is 2. The molecule has 9 heteroatoms. The minimum Gasteiger partial charge on any atom is -0.477 e. The molecule has 0 aromatic carbocycles. The number of halogens is 3. The zero-order chi connectivity index (χ0) is 15.0. The van der Waals surface area contributed by atoms with Crippen LogP contribution in [0.2, 0.25) is 0 Å². The second-order valence-corrected chi connectivity index (χ2v) is 4.40. The van der Waals surface area contributed by atoms with Crippen LogP contribution in [-0.4, -0.2) is 33.8 Å². The number of nitrogens with one attached hydrogen (secondary N) is 2. The first-order valence-electron chi connectivity index (χ1n) is 5.59. The van der Waals surface area contributed by atoms with Crippen molar-refractivity contribution in [3.05, 3.63) is 24.0 Å². The maximum Gasteiger partial charge on any atom is 0.411 e. The van der Waals surface area contributed by atoms with Crippen LogP contribution in [0, 0.1) is 0 Å². The Labute approximate surface area is 111 Å². The van der Waals surface area contributed by atoms with Gasteiger partial charge in [-0.1, -0.05) is 0 Å². The molecule has 0 atom stereocenters. The van der Waals surface area contributed by atoms with Crippen LogP contribution in [0.1, 0.15) is 23.3 Å². The third-order valence-corrected chi connectivity index (χ3v) is 2.89. The second kappa shape index (κ2) is 4.66. The number of carboxylic acids is 1. The van der Waals surface area contributed by atoms with Gasteiger partial charge in [0.05, 0.1) is 11.9 Å². The molecule has 108 valence electrons. The monoisotopic (exact) mass is 289 g/mol. The maximum absolute atomic E-state index is 12.6. The lowest BCUT2D eigenvalue weighted by Gasteiger charge is -2.20. The first kappa shape index (κ1) is 14.1. The summed E-state index contributed by atoms with van der Waals surface area (Å²) in [5.41, 5.74) is -2.28. The van der Waals surface area contributed by atoms with Crippen LogP contribution in [0.25, 0.3) is 0 Å². The largest absolute Gasteiger partial charge is 0.477 e. The molecular formula is C11H10F3N3O3. The Morgan fingerprint density at radius 2 is 1.95 bits per heavy atom. The molecule has 0 unspecified atom stereocenters. The standard InChI is InChI=1S/C11H10F3N3O3/c12-11(13,14)10(3-4-10)17-9(20)16-6-1-2-7(8(18)19)15-5-6/h1-2,5H,3-4H2,(H,18,19)(H2,16,17,20). The molecule has 1 aliphatic carbocycles. The summed E-state index contributed by atoms with van der Waals surface area (Å²) < 4.78 is 37.9. The van der Waals surface area contributed by atoms with Gasteiger partial charge in [0.2, 0.25) is 0 Å². The maximum atomic E-state index is 12.6. The molecule has 20 heavy (non-hydrogen) atoms. The highest BCUT2D eigenvalue weighted by molar-refractivity contribution is 5.91. The highest BCUT2D eigenvalue weighted by Gasteiger charge is 2.64. The van der Waals surface area contributed by atoms with Crippen LogP contribution in [-0.2, 0) is 0 Å². The summed E-state index contributed by atoms with van der Waals surface area (Å²) in [5.74, 6) is -1.24. The predicted octanol–water partition coefficient (Wildman–Crippen LogP) is 2.00. The third-order valence-electron chi connectivity index (χ3n) is 2.89. The molecule has 0 bridgehead atoms. The number of rotatable bonds is 3. The molecule has 1 heterocycles. The Morgan fingerprint density at radius 1 is 1.30 bits per heavy atom. The fraction of sp³-hybridized carbons (Fsp3) is 0.364. The predicted molar refractivity (Wildman–Crippen MR) is 61.4 cm³/mol. The van der Waals surface area contributed by atoms with Crippen LogP contribution in [0.15, 0.2) is 18.3 Å². The van der Waals surface area contributed by atoms with Crippen molar-refractivity contribution >= 4 is 17.7 Å². The van der Waals surface area contributed by atoms with Crippen molar-refractivity contribution in [2.45, 2.75) is 24.6 Å². The fourth-order valence-corrected chi connectivity index (χ4v) is 1.58. The number of pyridine rings is 1. The Hall–Kier alpha value is -2.32. The van der Waals surface area contributed by atoms with Gasteiger partial charge in [-0.05, 0) is 25.0 Å². The molecule has 0 spiro atoms. The molecule has 6 nitrogen and oxygen atoms in total. The lowest BCUT2D eigenvalue weighted by atomic mass is 10.2. The molecule has 1 aromatic heterocycles. The molecule has 2 amide bonds. The first-order valence-corrected chi connectivity index (χ1v) is 5.59. The van der Waals surface area contributed by atoms with E-state index in [2.05, 4.69) is 10.3 Å². The molecule has 1 aromatic rings. The van der Waals surface area contributed by atoms with Crippen molar-refractivity contribution in [3.8, 4) is 0 Å². The summed E-state index contributed by atoms with van der Waals surface area (Å²) >= 11 is 0. The van der Waals surface area contributed by atoms with Gasteiger partial charge in [-0.3, -0.25) is 0 Å². The van der Waals surface area contributed by atoms with Crippen LogP contribution in [0.3, 0.4) is 0 Å². The lowest BCUT2D eigenvalue weighted by Crippen LogP contribution is -2.49. The summed E-state index contributed by atoms with van der Waals surface area (Å²) in [4.78, 5) is 25.5. The minimum atomic E-state index is -4.49. The fourth-order valence-electron chi connectivity index (χ4n) is 1.58. The number of aromatic nitrogens is 1. The number of urea groups is 1. The minimum absolute atomic E-state index is 0.102. The highest BCUT2D eigenvalue weighted by Crippen LogP contribution is 2.48. The third kappa shape index (κ3) is 2.81. The van der Waals surface area contributed by atoms with E-state index in [0.29, 0.717) is 0 Å². The van der Waals surface area contributed by atoms with Gasteiger partial charge in [0.25, 0.3) is 0 Å². The molecule has 0 radical (unpaired) electrons. The van der Waals surface area contributed by atoms with Crippen molar-refractivity contribution < 1.29 is 27.9 Å². The summed E-state index contributed by atoms with van der Waals surface area (Å²) in [6, 6.07) is 1.36. The average molecular weight is 289 g/mol. The smallest absolute Gasteiger partial charge is 0.411 e. The molecule has 1 saturated carbocycles. The van der Waals surface area contributed by atoms with Crippen LogP contribution in [0.4, 0.5) is 23.7 Å². The zero-order valence-corrected chi connectivity index (χ0v) is 9.99. The van der Waals surface area contributed by atoms with Crippen LogP contribution < -0.4 is 10.6 Å². The van der Waals surface area contributed by atoms with E-state index >= 15 is 0 Å². The van der Waals surface area contributed by atoms with Crippen molar-refractivity contribution in [1.29, 1.82) is 0 Å². The van der Waals surface area contributed by atoms with Gasteiger partial charge >= 0.3 is 18.2 Å². The number of carboxylic acid groups (broad SMARTS) is 1. The van der Waals surface area contributed by atoms with Gasteiger partial charge in [0.1, 0.15) is 11.2 Å². The van der Waals surface area contributed by atoms with Crippen LogP contribution in [0.5, 0.6) is 0 Å². The van der Waals surface area contributed by atoms with E-state index in [4.69, 9.17) is 5.11 Å². The summed E-state index contributed by atoms with van der Waals surface area (Å²) in [5, 5.41) is 12.7. The number of carbonyl (C=O) groups is 2. The molecule has 3 N–H and O–H groups in total. The zero-order valence-electron chi connectivity index (χ0n) is 9.99. The lowest BCUT2D eigenvalue weighted by molar-refractivity contribution is -0.162. The van der Waals surface area contributed by atoms with Gasteiger partial charge in [0, 0.05) is 0 Å². The van der Waals surface area contributed by atoms with Crippen molar-refractivity contribution in [1.82, 2.24) is 10.3 Å². The molecule has 0 saturated heterocycles. The van der Waals surface area contributed by atoms with E-state index in [-0.39, 0.29) is 24.2 Å². The number of alkyl halides is 3. The first-order chi connectivity index (χ1) is 9.23. The van der Waals surface area contributed by atoms with E-state index in [1.54, 1.807) is 0 Å². The van der Waals surface area contributed by atoms with E-state index in [1.165, 1.54) is 6.07 Å². The van der Waals surface area contributed by atoms with Crippen LogP contribution >= 0.6 is 0 Å². The van der Waals surface area contributed by atoms with Gasteiger partial charge in [-0.15, -0.1) is 0 Å². The Balaban J connectivity index is 1.97. The Morgan fingerprint density at radius 3 is 2.35 bits per heavy atom. The van der Waals surface area contributed by atoms with E-state index in [0.717, 1.165) is 12.3 Å². The van der Waals surface area contributed by atoms with Gasteiger partial charge in [0.15, 0.2) is 0 Å². The highest BCUT2D eigenvalue weighted by atomic mass is 19.4. The number of hydrogen-bond donors (Lipinski definition) is 3. The number of aromatic carboxylic acids is 1. The summed E-state index contributed by atoms with van der Waals surface area (Å²) in [6.07, 6.45) is -3.74. The van der Waals surface area contributed by atoms with Crippen molar-refractivity contribution in [3.63, 3.8) is 0 Å². The Kier molecular flexibility index (Phi) is 3.28. The number of nitrogens with zero attached hydrogens (tertiary/aromatic N) is 1. The normalized spacial score (nSPS) is 16.4. The van der Waals surface area contributed by atoms with Gasteiger partial charge in [-0.2, -0.15) is 13.2 Å². The molecule has 0 aliphatic heterocycles. The van der Waals surface area contributed by atoms with Crippen molar-refractivity contribution in [2.75, 3.05) is 5.32 Å². The summed E-state index contributed by atoms with van der Waals surface area (Å²) in [7, 11) is 0. The van der Waals surface area contributed by atoms with Gasteiger partial charge in [-0.25, -0.2) is 14.6 Å². The number of hydrogen-bond acceptors (Lipinski definition) is 3. The SMILES string of the molecule is O=C(Nc1ccc(C(=O)O)nc1)NC1(C(F)(F)F)CC1. The van der Waals surface area contributed by atoms with E-state index in [1.807, 2.05) is 5.32 Å². The van der Waals surface area contributed by atoms with Crippen molar-refractivity contribution in [2.24, 2.45) is 0 Å². The average Bonchev–Trinajstić information content (AvgIpc) is 3.09. The quantitative estimate of drug-likeness (QED) is 0.793. The molecular weight excluding hydrogens is 279 g/mol. The molecule has 1 aliphatic rings. The van der Waals surface area contributed by atoms with Gasteiger partial charge < -0.3 is 15.7 Å². The summed E-state index contributed by atoms with van der Waals surface area (Å²) in [6.45, 7) is 0. The second-order valence-electron chi connectivity index (χ2n) is 4.40. The molecule has 2 rings (SSSR count). The Bertz CT molecular complexity index is 538. The number of carbonyl (C=O) groups excluding carboxylic acids is 1.